The number of anilines is 1. The van der Waals surface area contributed by atoms with E-state index in [1.165, 1.54) is 18.1 Å². The van der Waals surface area contributed by atoms with E-state index >= 15 is 0 Å². The molecule has 2 aromatic carbocycles. The quantitative estimate of drug-likeness (QED) is 0.473. The summed E-state index contributed by atoms with van der Waals surface area (Å²) in [5.41, 5.74) is 3.16. The highest BCUT2D eigenvalue weighted by Crippen LogP contribution is 2.27. The number of carbonyl (C=O) groups excluding carboxylic acids is 2. The van der Waals surface area contributed by atoms with Gasteiger partial charge in [-0.15, -0.1) is 0 Å². The van der Waals surface area contributed by atoms with Crippen LogP contribution in [0.5, 0.6) is 0 Å². The van der Waals surface area contributed by atoms with Gasteiger partial charge in [-0.1, -0.05) is 45.4 Å². The lowest BCUT2D eigenvalue weighted by Gasteiger charge is -2.40. The van der Waals surface area contributed by atoms with Crippen molar-refractivity contribution in [1.29, 1.82) is 0 Å². The maximum Gasteiger partial charge on any atom is 0.254 e. The van der Waals surface area contributed by atoms with Gasteiger partial charge in [-0.05, 0) is 67.8 Å². The van der Waals surface area contributed by atoms with Crippen LogP contribution in [0.3, 0.4) is 0 Å². The number of amides is 2. The number of halogens is 1. The van der Waals surface area contributed by atoms with Gasteiger partial charge in [0, 0.05) is 30.1 Å². The van der Waals surface area contributed by atoms with Crippen molar-refractivity contribution in [2.75, 3.05) is 31.2 Å². The molecular weight excluding hydrogens is 461 g/mol. The highest BCUT2D eigenvalue weighted by atomic mass is 32.2. The monoisotopic (exact) mass is 501 g/mol. The average Bonchev–Trinajstić information content (AvgIpc) is 2.85. The SMILES string of the molecule is CCC.CCc1ccc(F)c(C(=O)NCC(=O)N2CCC(C)(Nc3ccc(CSC)cc3)CC2)c1. The van der Waals surface area contributed by atoms with Crippen LogP contribution >= 0.6 is 11.8 Å². The molecule has 1 fully saturated rings. The zero-order chi connectivity index (χ0) is 25.8. The van der Waals surface area contributed by atoms with Crippen molar-refractivity contribution in [3.63, 3.8) is 0 Å². The summed E-state index contributed by atoms with van der Waals surface area (Å²) in [6.07, 6.45) is 5.68. The molecule has 0 aromatic heterocycles. The molecule has 1 saturated heterocycles. The molecule has 2 N–H and O–H groups in total. The van der Waals surface area contributed by atoms with Crippen molar-refractivity contribution < 1.29 is 14.0 Å². The van der Waals surface area contributed by atoms with Gasteiger partial charge in [0.05, 0.1) is 12.1 Å². The third kappa shape index (κ3) is 8.88. The van der Waals surface area contributed by atoms with Crippen molar-refractivity contribution in [2.24, 2.45) is 0 Å². The Bertz CT molecular complexity index is 957. The highest BCUT2D eigenvalue weighted by Gasteiger charge is 2.31. The first-order valence-electron chi connectivity index (χ1n) is 12.5. The number of hydrogen-bond donors (Lipinski definition) is 2. The van der Waals surface area contributed by atoms with Crippen LogP contribution in [-0.4, -0.2) is 48.1 Å². The number of rotatable bonds is 8. The molecule has 0 atom stereocenters. The normalized spacial score (nSPS) is 14.5. The van der Waals surface area contributed by atoms with Crippen molar-refractivity contribution in [3.8, 4) is 0 Å². The van der Waals surface area contributed by atoms with E-state index in [9.17, 15) is 14.0 Å². The Balaban J connectivity index is 0.00000137. The second-order valence-electron chi connectivity index (χ2n) is 9.25. The lowest BCUT2D eigenvalue weighted by Crippen LogP contribution is -2.51. The third-order valence-electron chi connectivity index (χ3n) is 6.01. The van der Waals surface area contributed by atoms with Gasteiger partial charge in [-0.3, -0.25) is 9.59 Å². The molecule has 35 heavy (non-hydrogen) atoms. The fourth-order valence-corrected chi connectivity index (χ4v) is 4.43. The Morgan fingerprint density at radius 1 is 1.03 bits per heavy atom. The number of nitrogens with zero attached hydrogens (tertiary/aromatic N) is 1. The number of carbonyl (C=O) groups is 2. The van der Waals surface area contributed by atoms with E-state index in [2.05, 4.69) is 61.9 Å². The van der Waals surface area contributed by atoms with E-state index in [-0.39, 0.29) is 23.6 Å². The predicted molar refractivity (Wildman–Crippen MR) is 146 cm³/mol. The summed E-state index contributed by atoms with van der Waals surface area (Å²) in [4.78, 5) is 26.7. The largest absolute Gasteiger partial charge is 0.380 e. The second-order valence-corrected chi connectivity index (χ2v) is 10.1. The Morgan fingerprint density at radius 3 is 2.20 bits per heavy atom. The molecule has 5 nitrogen and oxygen atoms in total. The molecule has 2 amide bonds. The molecule has 2 aromatic rings. The third-order valence-corrected chi connectivity index (χ3v) is 6.64. The van der Waals surface area contributed by atoms with Crippen LogP contribution in [0.15, 0.2) is 42.5 Å². The van der Waals surface area contributed by atoms with Gasteiger partial charge >= 0.3 is 0 Å². The number of likely N-dealkylation sites (tertiary alicyclic amines) is 1. The van der Waals surface area contributed by atoms with Gasteiger partial charge in [-0.2, -0.15) is 11.8 Å². The van der Waals surface area contributed by atoms with Crippen LogP contribution in [-0.2, 0) is 17.0 Å². The smallest absolute Gasteiger partial charge is 0.254 e. The summed E-state index contributed by atoms with van der Waals surface area (Å²) >= 11 is 1.80. The Morgan fingerprint density at radius 2 is 1.63 bits per heavy atom. The zero-order valence-electron chi connectivity index (χ0n) is 21.7. The molecule has 0 bridgehead atoms. The van der Waals surface area contributed by atoms with Crippen LogP contribution < -0.4 is 10.6 Å². The van der Waals surface area contributed by atoms with E-state index in [0.717, 1.165) is 29.8 Å². The lowest BCUT2D eigenvalue weighted by molar-refractivity contribution is -0.131. The Labute approximate surface area is 214 Å². The maximum atomic E-state index is 14.0. The number of hydrogen-bond acceptors (Lipinski definition) is 4. The number of aryl methyl sites for hydroxylation is 1. The molecule has 1 aliphatic heterocycles. The van der Waals surface area contributed by atoms with Crippen LogP contribution in [0.4, 0.5) is 10.1 Å². The molecule has 7 heteroatoms. The predicted octanol–water partition coefficient (Wildman–Crippen LogP) is 5.89. The van der Waals surface area contributed by atoms with Crippen molar-refractivity contribution >= 4 is 29.3 Å². The number of benzene rings is 2. The maximum absolute atomic E-state index is 14.0. The molecular formula is C28H40FN3O2S. The second kappa shape index (κ2) is 14.1. The highest BCUT2D eigenvalue weighted by molar-refractivity contribution is 7.97. The number of thioether (sulfide) groups is 1. The summed E-state index contributed by atoms with van der Waals surface area (Å²) in [7, 11) is 0. The van der Waals surface area contributed by atoms with Gasteiger partial charge in [-0.25, -0.2) is 4.39 Å². The fraction of sp³-hybridized carbons (Fsp3) is 0.500. The Hall–Kier alpha value is -2.54. The van der Waals surface area contributed by atoms with E-state index in [4.69, 9.17) is 0 Å². The standard InChI is InChI=1S/C25H32FN3O2S.C3H8/c1-4-18-7-10-22(26)21(15-18)24(31)27-16-23(30)29-13-11-25(2,12-14-29)28-20-8-5-19(6-9-20)17-32-3;1-3-2/h5-10,15,28H,4,11-14,16-17H2,1-3H3,(H,27,31);3H2,1-2H3. The molecule has 0 spiro atoms. The zero-order valence-corrected chi connectivity index (χ0v) is 22.6. The molecule has 0 saturated carbocycles. The Kier molecular flexibility index (Phi) is 11.6. The van der Waals surface area contributed by atoms with E-state index in [0.29, 0.717) is 19.5 Å². The summed E-state index contributed by atoms with van der Waals surface area (Å²) in [5.74, 6) is -0.274. The molecule has 3 rings (SSSR count). The molecule has 0 unspecified atom stereocenters. The summed E-state index contributed by atoms with van der Waals surface area (Å²) in [6.45, 7) is 9.47. The van der Waals surface area contributed by atoms with E-state index in [1.807, 2.05) is 6.92 Å². The number of piperidine rings is 1. The minimum absolute atomic E-state index is 0.0175. The van der Waals surface area contributed by atoms with Crippen molar-refractivity contribution in [2.45, 2.75) is 64.7 Å². The minimum atomic E-state index is -0.576. The first kappa shape index (κ1) is 28.7. The molecule has 1 aliphatic rings. The van der Waals surface area contributed by atoms with E-state index < -0.39 is 11.7 Å². The van der Waals surface area contributed by atoms with Crippen LogP contribution in [0.1, 0.15) is 68.4 Å². The van der Waals surface area contributed by atoms with Gasteiger partial charge in [0.25, 0.3) is 5.91 Å². The van der Waals surface area contributed by atoms with Crippen molar-refractivity contribution in [3.05, 3.63) is 65.0 Å². The van der Waals surface area contributed by atoms with Crippen LogP contribution in [0.2, 0.25) is 0 Å². The van der Waals surface area contributed by atoms with Gasteiger partial charge in [0.15, 0.2) is 0 Å². The number of nitrogens with one attached hydrogen (secondary N) is 2. The van der Waals surface area contributed by atoms with E-state index in [1.54, 1.807) is 28.8 Å². The topological polar surface area (TPSA) is 61.4 Å². The molecule has 1 heterocycles. The first-order valence-corrected chi connectivity index (χ1v) is 13.8. The summed E-state index contributed by atoms with van der Waals surface area (Å²) in [6, 6.07) is 13.0. The molecule has 0 radical (unpaired) electrons. The molecule has 0 aliphatic carbocycles. The summed E-state index contributed by atoms with van der Waals surface area (Å²) < 4.78 is 14.0. The lowest BCUT2D eigenvalue weighted by atomic mass is 9.89. The minimum Gasteiger partial charge on any atom is -0.380 e. The average molecular weight is 502 g/mol. The first-order chi connectivity index (χ1) is 16.7. The van der Waals surface area contributed by atoms with Crippen LogP contribution in [0, 0.1) is 5.82 Å². The fourth-order valence-electron chi connectivity index (χ4n) is 3.90. The van der Waals surface area contributed by atoms with Crippen molar-refractivity contribution in [1.82, 2.24) is 10.2 Å². The summed E-state index contributed by atoms with van der Waals surface area (Å²) in [5, 5.41) is 6.20. The van der Waals surface area contributed by atoms with Gasteiger partial charge in [0.2, 0.25) is 5.91 Å². The van der Waals surface area contributed by atoms with Gasteiger partial charge < -0.3 is 15.5 Å². The molecule has 192 valence electrons. The van der Waals surface area contributed by atoms with Crippen LogP contribution in [0.25, 0.3) is 0 Å². The van der Waals surface area contributed by atoms with Gasteiger partial charge in [0.1, 0.15) is 5.82 Å².